The Hall–Kier alpha value is -1.41. The molecular weight excluding hydrogens is 252 g/mol. The molecule has 4 heteroatoms. The van der Waals surface area contributed by atoms with Crippen LogP contribution in [0.15, 0.2) is 24.3 Å². The second kappa shape index (κ2) is 6.85. The van der Waals surface area contributed by atoms with E-state index in [0.717, 1.165) is 31.2 Å². The van der Waals surface area contributed by atoms with Gasteiger partial charge in [-0.2, -0.15) is 5.26 Å². The highest BCUT2D eigenvalue weighted by Gasteiger charge is 2.27. The predicted octanol–water partition coefficient (Wildman–Crippen LogP) is 1.83. The number of rotatable bonds is 4. The molecule has 108 valence electrons. The first-order valence-electron chi connectivity index (χ1n) is 7.18. The van der Waals surface area contributed by atoms with Crippen LogP contribution in [0.1, 0.15) is 42.9 Å². The maximum atomic E-state index is 10.3. The summed E-state index contributed by atoms with van der Waals surface area (Å²) in [5.41, 5.74) is 1.40. The Morgan fingerprint density at radius 3 is 2.55 bits per heavy atom. The van der Waals surface area contributed by atoms with E-state index in [-0.39, 0.29) is 12.1 Å². The van der Waals surface area contributed by atoms with Crippen LogP contribution in [0.25, 0.3) is 0 Å². The molecule has 2 rings (SSSR count). The molecular formula is C16H22N2O2. The van der Waals surface area contributed by atoms with Crippen LogP contribution in [0.5, 0.6) is 0 Å². The van der Waals surface area contributed by atoms with E-state index in [0.29, 0.717) is 12.1 Å². The van der Waals surface area contributed by atoms with E-state index in [1.807, 2.05) is 11.9 Å². The molecule has 0 bridgehead atoms. The van der Waals surface area contributed by atoms with E-state index < -0.39 is 6.10 Å². The molecule has 3 unspecified atom stereocenters. The lowest BCUT2D eigenvalue weighted by molar-refractivity contribution is 0.0109. The molecule has 0 saturated heterocycles. The molecule has 1 aromatic rings. The van der Waals surface area contributed by atoms with Gasteiger partial charge in [0.25, 0.3) is 0 Å². The molecule has 4 nitrogen and oxygen atoms in total. The molecule has 0 aromatic heterocycles. The topological polar surface area (TPSA) is 67.5 Å². The van der Waals surface area contributed by atoms with Crippen molar-refractivity contribution in [1.29, 1.82) is 5.26 Å². The summed E-state index contributed by atoms with van der Waals surface area (Å²) >= 11 is 0. The van der Waals surface area contributed by atoms with Crippen LogP contribution in [0.2, 0.25) is 0 Å². The lowest BCUT2D eigenvalue weighted by Crippen LogP contribution is -2.44. The van der Waals surface area contributed by atoms with Crippen molar-refractivity contribution >= 4 is 0 Å². The van der Waals surface area contributed by atoms with Gasteiger partial charge in [-0.1, -0.05) is 25.0 Å². The van der Waals surface area contributed by atoms with Gasteiger partial charge in [-0.05, 0) is 37.6 Å². The molecule has 0 aliphatic heterocycles. The largest absolute Gasteiger partial charge is 0.391 e. The number of aliphatic hydroxyl groups excluding tert-OH is 2. The number of benzene rings is 1. The van der Waals surface area contributed by atoms with Crippen molar-refractivity contribution in [3.05, 3.63) is 35.4 Å². The number of nitrogens with zero attached hydrogens (tertiary/aromatic N) is 2. The van der Waals surface area contributed by atoms with Crippen LogP contribution >= 0.6 is 0 Å². The fourth-order valence-electron chi connectivity index (χ4n) is 2.90. The second-order valence-electron chi connectivity index (χ2n) is 5.61. The van der Waals surface area contributed by atoms with Gasteiger partial charge >= 0.3 is 0 Å². The van der Waals surface area contributed by atoms with Gasteiger partial charge in [-0.15, -0.1) is 0 Å². The molecule has 20 heavy (non-hydrogen) atoms. The SMILES string of the molecule is CN(CC(O)c1ccc(C#N)cc1)C1CCCCC1O. The zero-order valence-electron chi connectivity index (χ0n) is 11.9. The Bertz CT molecular complexity index is 466. The lowest BCUT2D eigenvalue weighted by atomic mass is 9.91. The minimum atomic E-state index is -0.595. The van der Waals surface area contributed by atoms with Gasteiger partial charge in [-0.3, -0.25) is 4.90 Å². The van der Waals surface area contributed by atoms with E-state index in [1.54, 1.807) is 24.3 Å². The molecule has 1 saturated carbocycles. The first-order chi connectivity index (χ1) is 9.61. The van der Waals surface area contributed by atoms with Crippen molar-refractivity contribution in [3.63, 3.8) is 0 Å². The maximum Gasteiger partial charge on any atom is 0.0991 e. The zero-order chi connectivity index (χ0) is 14.5. The number of hydrogen-bond donors (Lipinski definition) is 2. The van der Waals surface area contributed by atoms with Crippen LogP contribution in [0, 0.1) is 11.3 Å². The van der Waals surface area contributed by atoms with Gasteiger partial charge in [0.05, 0.1) is 23.8 Å². The summed E-state index contributed by atoms with van der Waals surface area (Å²) in [6.07, 6.45) is 3.17. The summed E-state index contributed by atoms with van der Waals surface area (Å²) in [5.74, 6) is 0. The molecule has 0 heterocycles. The van der Waals surface area contributed by atoms with Crippen LogP contribution < -0.4 is 0 Å². The molecule has 0 amide bonds. The fourth-order valence-corrected chi connectivity index (χ4v) is 2.90. The monoisotopic (exact) mass is 274 g/mol. The highest BCUT2D eigenvalue weighted by Crippen LogP contribution is 2.24. The van der Waals surface area contributed by atoms with Crippen molar-refractivity contribution in [2.24, 2.45) is 0 Å². The quantitative estimate of drug-likeness (QED) is 0.879. The Kier molecular flexibility index (Phi) is 5.13. The third kappa shape index (κ3) is 3.57. The maximum absolute atomic E-state index is 10.3. The van der Waals surface area contributed by atoms with Gasteiger partial charge < -0.3 is 10.2 Å². The molecule has 1 aliphatic carbocycles. The van der Waals surface area contributed by atoms with Crippen molar-refractivity contribution in [2.45, 2.75) is 43.9 Å². The number of nitriles is 1. The summed E-state index contributed by atoms with van der Waals surface area (Å²) in [6, 6.07) is 9.21. The van der Waals surface area contributed by atoms with Crippen LogP contribution in [-0.4, -0.2) is 40.9 Å². The standard InChI is InChI=1S/C16H22N2O2/c1-18(14-4-2-3-5-15(14)19)11-16(20)13-8-6-12(10-17)7-9-13/h6-9,14-16,19-20H,2-5,11H2,1H3. The van der Waals surface area contributed by atoms with Gasteiger partial charge in [0, 0.05) is 12.6 Å². The average Bonchev–Trinajstić information content (AvgIpc) is 2.47. The third-order valence-electron chi connectivity index (χ3n) is 4.15. The van der Waals surface area contributed by atoms with Crippen molar-refractivity contribution in [2.75, 3.05) is 13.6 Å². The summed E-state index contributed by atoms with van der Waals surface area (Å²) in [6.45, 7) is 0.494. The summed E-state index contributed by atoms with van der Waals surface area (Å²) in [7, 11) is 1.95. The highest BCUT2D eigenvalue weighted by atomic mass is 16.3. The van der Waals surface area contributed by atoms with Crippen molar-refractivity contribution in [1.82, 2.24) is 4.90 Å². The summed E-state index contributed by atoms with van der Waals surface area (Å²) in [4.78, 5) is 2.05. The first-order valence-corrected chi connectivity index (χ1v) is 7.18. The summed E-state index contributed by atoms with van der Waals surface area (Å²) < 4.78 is 0. The van der Waals surface area contributed by atoms with Crippen LogP contribution in [0.3, 0.4) is 0 Å². The van der Waals surface area contributed by atoms with Gasteiger partial charge in [-0.25, -0.2) is 0 Å². The van der Waals surface area contributed by atoms with E-state index in [9.17, 15) is 10.2 Å². The minimum absolute atomic E-state index is 0.136. The Morgan fingerprint density at radius 2 is 1.95 bits per heavy atom. The number of aliphatic hydroxyl groups is 2. The fraction of sp³-hybridized carbons (Fsp3) is 0.562. The van der Waals surface area contributed by atoms with E-state index in [4.69, 9.17) is 5.26 Å². The number of hydrogen-bond acceptors (Lipinski definition) is 4. The molecule has 1 aromatic carbocycles. The Labute approximate surface area is 120 Å². The van der Waals surface area contributed by atoms with Gasteiger partial charge in [0.1, 0.15) is 0 Å². The second-order valence-corrected chi connectivity index (χ2v) is 5.61. The molecule has 3 atom stereocenters. The molecule has 2 N–H and O–H groups in total. The Balaban J connectivity index is 1.95. The molecule has 0 radical (unpaired) electrons. The van der Waals surface area contributed by atoms with E-state index >= 15 is 0 Å². The molecule has 1 fully saturated rings. The van der Waals surface area contributed by atoms with Crippen LogP contribution in [-0.2, 0) is 0 Å². The van der Waals surface area contributed by atoms with Crippen molar-refractivity contribution < 1.29 is 10.2 Å². The van der Waals surface area contributed by atoms with Gasteiger partial charge in [0.2, 0.25) is 0 Å². The van der Waals surface area contributed by atoms with Crippen molar-refractivity contribution in [3.8, 4) is 6.07 Å². The van der Waals surface area contributed by atoms with E-state index in [2.05, 4.69) is 6.07 Å². The predicted molar refractivity (Wildman–Crippen MR) is 77.0 cm³/mol. The summed E-state index contributed by atoms with van der Waals surface area (Å²) in [5, 5.41) is 29.1. The average molecular weight is 274 g/mol. The number of likely N-dealkylation sites (N-methyl/N-ethyl adjacent to an activating group) is 1. The van der Waals surface area contributed by atoms with Gasteiger partial charge in [0.15, 0.2) is 0 Å². The third-order valence-corrected chi connectivity index (χ3v) is 4.15. The molecule has 0 spiro atoms. The van der Waals surface area contributed by atoms with E-state index in [1.165, 1.54) is 0 Å². The van der Waals surface area contributed by atoms with Crippen LogP contribution in [0.4, 0.5) is 0 Å². The first kappa shape index (κ1) is 15.0. The normalized spacial score (nSPS) is 24.4. The highest BCUT2D eigenvalue weighted by molar-refractivity contribution is 5.32. The minimum Gasteiger partial charge on any atom is -0.391 e. The molecule has 1 aliphatic rings. The Morgan fingerprint density at radius 1 is 1.30 bits per heavy atom. The zero-order valence-corrected chi connectivity index (χ0v) is 11.9. The lowest BCUT2D eigenvalue weighted by Gasteiger charge is -2.36. The smallest absolute Gasteiger partial charge is 0.0991 e.